The molecule has 144 valence electrons. The third kappa shape index (κ3) is 4.22. The van der Waals surface area contributed by atoms with Gasteiger partial charge in [0.2, 0.25) is 0 Å². The number of hydrogen-bond donors (Lipinski definition) is 0. The first-order valence-corrected chi connectivity index (χ1v) is 9.77. The summed E-state index contributed by atoms with van der Waals surface area (Å²) in [4.78, 5) is 0. The van der Waals surface area contributed by atoms with E-state index in [4.69, 9.17) is 14.0 Å². The highest BCUT2D eigenvalue weighted by Crippen LogP contribution is 2.36. The highest BCUT2D eigenvalue weighted by Gasteiger charge is 2.51. The van der Waals surface area contributed by atoms with Gasteiger partial charge in [0.15, 0.2) is 0 Å². The van der Waals surface area contributed by atoms with Crippen molar-refractivity contribution in [2.75, 3.05) is 0 Å². The molecule has 0 saturated carbocycles. The fraction of sp³-hybridized carbons (Fsp3) is 0.478. The van der Waals surface area contributed by atoms with Crippen LogP contribution in [0.3, 0.4) is 0 Å². The van der Waals surface area contributed by atoms with E-state index in [1.807, 2.05) is 6.07 Å². The number of ether oxygens (including phenoxy) is 1. The third-order valence-corrected chi connectivity index (χ3v) is 5.66. The molecule has 1 heterocycles. The first-order chi connectivity index (χ1) is 12.6. The summed E-state index contributed by atoms with van der Waals surface area (Å²) in [5.41, 5.74) is 3.92. The van der Waals surface area contributed by atoms with Gasteiger partial charge >= 0.3 is 7.12 Å². The first kappa shape index (κ1) is 20.0. The molecule has 1 aliphatic rings. The summed E-state index contributed by atoms with van der Waals surface area (Å²) in [6.45, 7) is 15.3. The van der Waals surface area contributed by atoms with Crippen LogP contribution >= 0.6 is 0 Å². The highest BCUT2D eigenvalue weighted by atomic mass is 16.7. The van der Waals surface area contributed by atoms with E-state index in [1.54, 1.807) is 0 Å². The van der Waals surface area contributed by atoms with Gasteiger partial charge in [0, 0.05) is 0 Å². The summed E-state index contributed by atoms with van der Waals surface area (Å²) < 4.78 is 18.5. The quantitative estimate of drug-likeness (QED) is 0.698. The lowest BCUT2D eigenvalue weighted by Crippen LogP contribution is -2.41. The van der Waals surface area contributed by atoms with Gasteiger partial charge in [-0.15, -0.1) is 0 Å². The fourth-order valence-electron chi connectivity index (χ4n) is 3.21. The molecule has 2 aromatic rings. The summed E-state index contributed by atoms with van der Waals surface area (Å²) >= 11 is 0. The minimum Gasteiger partial charge on any atom is -0.489 e. The SMILES string of the molecule is Cc1ccc(C(C)C)c(OCc2cccc(B3OC(C)(C)C(C)(C)O3)c2)c1. The van der Waals surface area contributed by atoms with Crippen LogP contribution < -0.4 is 10.2 Å². The van der Waals surface area contributed by atoms with Crippen LogP contribution in [-0.4, -0.2) is 18.3 Å². The lowest BCUT2D eigenvalue weighted by molar-refractivity contribution is 0.00578. The Balaban J connectivity index is 1.76. The van der Waals surface area contributed by atoms with Crippen molar-refractivity contribution in [3.05, 3.63) is 59.2 Å². The Bertz CT molecular complexity index is 795. The Labute approximate surface area is 164 Å². The normalized spacial score (nSPS) is 18.1. The Morgan fingerprint density at radius 2 is 1.63 bits per heavy atom. The Morgan fingerprint density at radius 3 is 2.26 bits per heavy atom. The van der Waals surface area contributed by atoms with E-state index < -0.39 is 0 Å². The van der Waals surface area contributed by atoms with Crippen molar-refractivity contribution in [2.45, 2.75) is 72.2 Å². The van der Waals surface area contributed by atoms with Gasteiger partial charge < -0.3 is 14.0 Å². The van der Waals surface area contributed by atoms with Crippen LogP contribution in [0.2, 0.25) is 0 Å². The van der Waals surface area contributed by atoms with Gasteiger partial charge in [0.05, 0.1) is 11.2 Å². The van der Waals surface area contributed by atoms with Crippen molar-refractivity contribution in [2.24, 2.45) is 0 Å². The van der Waals surface area contributed by atoms with E-state index in [-0.39, 0.29) is 18.3 Å². The maximum atomic E-state index is 6.18. The molecule has 1 saturated heterocycles. The van der Waals surface area contributed by atoms with Crippen LogP contribution in [0, 0.1) is 6.92 Å². The van der Waals surface area contributed by atoms with Crippen LogP contribution in [0.1, 0.15) is 64.2 Å². The van der Waals surface area contributed by atoms with Crippen LogP contribution in [-0.2, 0) is 15.9 Å². The van der Waals surface area contributed by atoms with Gasteiger partial charge in [-0.05, 0) is 68.8 Å². The molecule has 0 N–H and O–H groups in total. The molecule has 1 aliphatic heterocycles. The molecule has 0 bridgehead atoms. The molecule has 27 heavy (non-hydrogen) atoms. The van der Waals surface area contributed by atoms with Crippen molar-refractivity contribution in [1.82, 2.24) is 0 Å². The average molecular weight is 366 g/mol. The lowest BCUT2D eigenvalue weighted by atomic mass is 9.78. The monoisotopic (exact) mass is 366 g/mol. The second-order valence-electron chi connectivity index (χ2n) is 8.82. The van der Waals surface area contributed by atoms with E-state index in [9.17, 15) is 0 Å². The van der Waals surface area contributed by atoms with Gasteiger partial charge in [0.25, 0.3) is 0 Å². The first-order valence-electron chi connectivity index (χ1n) is 9.77. The molecule has 4 heteroatoms. The topological polar surface area (TPSA) is 27.7 Å². The standard InChI is InChI=1S/C23H31BO3/c1-16(2)20-12-11-17(3)13-21(20)25-15-18-9-8-10-19(14-18)24-26-22(4,5)23(6,7)27-24/h8-14,16H,15H2,1-7H3. The molecule has 0 spiro atoms. The van der Waals surface area contributed by atoms with Crippen LogP contribution in [0.15, 0.2) is 42.5 Å². The van der Waals surface area contributed by atoms with Crippen molar-refractivity contribution >= 4 is 12.6 Å². The zero-order chi connectivity index (χ0) is 19.8. The molecule has 0 aromatic heterocycles. The molecule has 0 radical (unpaired) electrons. The molecular weight excluding hydrogens is 335 g/mol. The molecule has 1 fully saturated rings. The van der Waals surface area contributed by atoms with Gasteiger partial charge in [-0.1, -0.05) is 50.2 Å². The Morgan fingerprint density at radius 1 is 0.963 bits per heavy atom. The van der Waals surface area contributed by atoms with Crippen LogP contribution in [0.4, 0.5) is 0 Å². The highest BCUT2D eigenvalue weighted by molar-refractivity contribution is 6.62. The zero-order valence-corrected chi connectivity index (χ0v) is 17.6. The fourth-order valence-corrected chi connectivity index (χ4v) is 3.21. The summed E-state index contributed by atoms with van der Waals surface area (Å²) in [5.74, 6) is 1.39. The van der Waals surface area contributed by atoms with E-state index in [1.165, 1.54) is 11.1 Å². The molecule has 0 aliphatic carbocycles. The van der Waals surface area contributed by atoms with Crippen molar-refractivity contribution < 1.29 is 14.0 Å². The van der Waals surface area contributed by atoms with Crippen LogP contribution in [0.5, 0.6) is 5.75 Å². The molecule has 0 atom stereocenters. The van der Waals surface area contributed by atoms with Gasteiger partial charge in [-0.2, -0.15) is 0 Å². The number of rotatable bonds is 5. The largest absolute Gasteiger partial charge is 0.494 e. The predicted molar refractivity (Wildman–Crippen MR) is 112 cm³/mol. The second-order valence-corrected chi connectivity index (χ2v) is 8.82. The maximum absolute atomic E-state index is 6.18. The van der Waals surface area contributed by atoms with Crippen molar-refractivity contribution in [3.8, 4) is 5.75 Å². The minimum absolute atomic E-state index is 0.335. The lowest BCUT2D eigenvalue weighted by Gasteiger charge is -2.32. The number of benzene rings is 2. The molecule has 0 unspecified atom stereocenters. The summed E-state index contributed by atoms with van der Waals surface area (Å²) in [6.07, 6.45) is 0. The van der Waals surface area contributed by atoms with Gasteiger partial charge in [0.1, 0.15) is 12.4 Å². The molecule has 0 amide bonds. The maximum Gasteiger partial charge on any atom is 0.494 e. The summed E-state index contributed by atoms with van der Waals surface area (Å²) in [7, 11) is -0.347. The summed E-state index contributed by atoms with van der Waals surface area (Å²) in [5, 5.41) is 0. The Kier molecular flexibility index (Phi) is 5.42. The number of aryl methyl sites for hydroxylation is 1. The van der Waals surface area contributed by atoms with E-state index >= 15 is 0 Å². The molecule has 2 aromatic carbocycles. The average Bonchev–Trinajstić information content (AvgIpc) is 2.81. The molecular formula is C23H31BO3. The second kappa shape index (κ2) is 7.33. The van der Waals surface area contributed by atoms with Crippen molar-refractivity contribution in [3.63, 3.8) is 0 Å². The van der Waals surface area contributed by atoms with E-state index in [2.05, 4.69) is 84.9 Å². The zero-order valence-electron chi connectivity index (χ0n) is 17.6. The van der Waals surface area contributed by atoms with E-state index in [0.717, 1.165) is 16.8 Å². The third-order valence-electron chi connectivity index (χ3n) is 5.66. The number of hydrogen-bond acceptors (Lipinski definition) is 3. The predicted octanol–water partition coefficient (Wildman–Crippen LogP) is 5.00. The molecule has 3 nitrogen and oxygen atoms in total. The Hall–Kier alpha value is -1.78. The van der Waals surface area contributed by atoms with Crippen LogP contribution in [0.25, 0.3) is 0 Å². The van der Waals surface area contributed by atoms with Gasteiger partial charge in [-0.25, -0.2) is 0 Å². The van der Waals surface area contributed by atoms with Gasteiger partial charge in [-0.3, -0.25) is 0 Å². The minimum atomic E-state index is -0.347. The van der Waals surface area contributed by atoms with Crippen molar-refractivity contribution in [1.29, 1.82) is 0 Å². The summed E-state index contributed by atoms with van der Waals surface area (Å²) in [6, 6.07) is 14.7. The van der Waals surface area contributed by atoms with E-state index in [0.29, 0.717) is 12.5 Å². The molecule has 3 rings (SSSR count). The smallest absolute Gasteiger partial charge is 0.489 e.